The minimum atomic E-state index is -4.54. The smallest absolute Gasteiger partial charge is 0.325 e. The molecular weight excluding hydrogens is 465 g/mol. The van der Waals surface area contributed by atoms with Crippen LogP contribution in [-0.2, 0) is 17.5 Å². The van der Waals surface area contributed by atoms with E-state index in [2.05, 4.69) is 15.8 Å². The van der Waals surface area contributed by atoms with E-state index >= 15 is 0 Å². The summed E-state index contributed by atoms with van der Waals surface area (Å²) in [5, 5.41) is 8.70. The first-order valence-electron chi connectivity index (χ1n) is 10.2. The lowest BCUT2D eigenvalue weighted by Crippen LogP contribution is -2.25. The summed E-state index contributed by atoms with van der Waals surface area (Å²) in [6.45, 7) is -0.396. The third-order valence-electron chi connectivity index (χ3n) is 4.88. The Balaban J connectivity index is 1.46. The van der Waals surface area contributed by atoms with Crippen LogP contribution in [0.1, 0.15) is 15.9 Å². The molecule has 11 heteroatoms. The molecule has 1 heterocycles. The van der Waals surface area contributed by atoms with Crippen LogP contribution in [0.15, 0.2) is 88.2 Å². The van der Waals surface area contributed by atoms with Gasteiger partial charge in [-0.25, -0.2) is 9.36 Å². The first-order chi connectivity index (χ1) is 16.7. The van der Waals surface area contributed by atoms with Gasteiger partial charge in [0.25, 0.3) is 5.91 Å². The molecule has 0 saturated heterocycles. The highest BCUT2D eigenvalue weighted by Crippen LogP contribution is 2.30. The number of rotatable bonds is 6. The van der Waals surface area contributed by atoms with Crippen molar-refractivity contribution < 1.29 is 27.3 Å². The number of hydrogen-bond donors (Lipinski definition) is 2. The highest BCUT2D eigenvalue weighted by Gasteiger charge is 2.30. The molecule has 178 valence electrons. The molecule has 0 radical (unpaired) electrons. The van der Waals surface area contributed by atoms with E-state index in [-0.39, 0.29) is 22.8 Å². The Hall–Kier alpha value is -4.67. The van der Waals surface area contributed by atoms with Crippen LogP contribution in [0, 0.1) is 0 Å². The minimum absolute atomic E-state index is 0.0282. The highest BCUT2D eigenvalue weighted by atomic mass is 19.4. The standard InChI is InChI=1S/C24H17F3N4O4/c25-24(26,27)17-9-5-11-19(13-17)29-22(33)16-8-4-10-18(12-16)28-20(32)14-31-21(30-35-23(31)34)15-6-2-1-3-7-15/h1-13H,14H2,(H,28,32)(H,29,33). The molecule has 1 aromatic heterocycles. The summed E-state index contributed by atoms with van der Waals surface area (Å²) in [5.74, 6) is -1.88. The fourth-order valence-corrected chi connectivity index (χ4v) is 3.26. The van der Waals surface area contributed by atoms with Gasteiger partial charge in [-0.2, -0.15) is 13.2 Å². The number of halogens is 3. The van der Waals surface area contributed by atoms with Crippen LogP contribution < -0.4 is 16.4 Å². The van der Waals surface area contributed by atoms with Gasteiger partial charge in [-0.3, -0.25) is 14.1 Å². The van der Waals surface area contributed by atoms with Gasteiger partial charge in [0.05, 0.1) is 5.56 Å². The second-order valence-corrected chi connectivity index (χ2v) is 7.39. The van der Waals surface area contributed by atoms with E-state index in [1.807, 2.05) is 0 Å². The minimum Gasteiger partial charge on any atom is -0.325 e. The second kappa shape index (κ2) is 9.67. The van der Waals surface area contributed by atoms with E-state index in [0.29, 0.717) is 5.56 Å². The third-order valence-corrected chi connectivity index (χ3v) is 4.88. The van der Waals surface area contributed by atoms with Crippen LogP contribution in [0.3, 0.4) is 0 Å². The Morgan fingerprint density at radius 1 is 0.886 bits per heavy atom. The maximum absolute atomic E-state index is 12.9. The van der Waals surface area contributed by atoms with Crippen molar-refractivity contribution in [1.29, 1.82) is 0 Å². The summed E-state index contributed by atoms with van der Waals surface area (Å²) in [6, 6.07) is 18.7. The van der Waals surface area contributed by atoms with E-state index in [9.17, 15) is 27.6 Å². The number of alkyl halides is 3. The number of nitrogens with zero attached hydrogens (tertiary/aromatic N) is 2. The first-order valence-corrected chi connectivity index (χ1v) is 10.2. The van der Waals surface area contributed by atoms with Gasteiger partial charge >= 0.3 is 11.9 Å². The number of aromatic nitrogens is 2. The topological polar surface area (TPSA) is 106 Å². The Labute approximate surface area is 196 Å². The van der Waals surface area contributed by atoms with Crippen LogP contribution in [-0.4, -0.2) is 21.5 Å². The molecule has 2 N–H and O–H groups in total. The van der Waals surface area contributed by atoms with E-state index in [0.717, 1.165) is 16.7 Å². The van der Waals surface area contributed by atoms with Gasteiger partial charge < -0.3 is 10.6 Å². The summed E-state index contributed by atoms with van der Waals surface area (Å²) >= 11 is 0. The molecule has 0 aliphatic heterocycles. The summed E-state index contributed by atoms with van der Waals surface area (Å²) in [7, 11) is 0. The molecule has 0 fully saturated rings. The van der Waals surface area contributed by atoms with Crippen LogP contribution in [0.25, 0.3) is 11.4 Å². The molecule has 0 bridgehead atoms. The summed E-state index contributed by atoms with van der Waals surface area (Å²) < 4.78 is 44.5. The maximum Gasteiger partial charge on any atom is 0.442 e. The summed E-state index contributed by atoms with van der Waals surface area (Å²) in [4.78, 5) is 37.2. The monoisotopic (exact) mass is 482 g/mol. The quantitative estimate of drug-likeness (QED) is 0.423. The Morgan fingerprint density at radius 2 is 1.57 bits per heavy atom. The average Bonchev–Trinajstić information content (AvgIpc) is 3.19. The molecule has 0 spiro atoms. The zero-order valence-electron chi connectivity index (χ0n) is 17.9. The number of nitrogens with one attached hydrogen (secondary N) is 2. The Morgan fingerprint density at radius 3 is 2.29 bits per heavy atom. The zero-order valence-corrected chi connectivity index (χ0v) is 17.9. The van der Waals surface area contributed by atoms with Gasteiger partial charge in [0.2, 0.25) is 5.91 Å². The number of hydrogen-bond acceptors (Lipinski definition) is 5. The van der Waals surface area contributed by atoms with E-state index in [4.69, 9.17) is 4.52 Å². The van der Waals surface area contributed by atoms with Gasteiger partial charge in [-0.05, 0) is 36.4 Å². The predicted octanol–water partition coefficient (Wildman–Crippen LogP) is 4.41. The second-order valence-electron chi connectivity index (χ2n) is 7.39. The Kier molecular flexibility index (Phi) is 6.49. The van der Waals surface area contributed by atoms with Crippen molar-refractivity contribution in [3.63, 3.8) is 0 Å². The largest absolute Gasteiger partial charge is 0.442 e. The van der Waals surface area contributed by atoms with Crippen LogP contribution in [0.2, 0.25) is 0 Å². The molecule has 8 nitrogen and oxygen atoms in total. The summed E-state index contributed by atoms with van der Waals surface area (Å²) in [6.07, 6.45) is -4.54. The van der Waals surface area contributed by atoms with E-state index in [1.165, 1.54) is 36.4 Å². The van der Waals surface area contributed by atoms with Crippen LogP contribution >= 0.6 is 0 Å². The number of carbonyl (C=O) groups excluding carboxylic acids is 2. The molecule has 0 aliphatic carbocycles. The molecule has 0 saturated carbocycles. The lowest BCUT2D eigenvalue weighted by molar-refractivity contribution is -0.137. The fraction of sp³-hybridized carbons (Fsp3) is 0.0833. The maximum atomic E-state index is 12.9. The van der Waals surface area contributed by atoms with Crippen molar-refractivity contribution in [2.45, 2.75) is 12.7 Å². The van der Waals surface area contributed by atoms with Gasteiger partial charge in [0.1, 0.15) is 6.54 Å². The first kappa shape index (κ1) is 23.5. The van der Waals surface area contributed by atoms with Crippen molar-refractivity contribution in [3.05, 3.63) is 101 Å². The molecule has 0 unspecified atom stereocenters. The van der Waals surface area contributed by atoms with E-state index < -0.39 is 35.9 Å². The third kappa shape index (κ3) is 5.64. The van der Waals surface area contributed by atoms with E-state index in [1.54, 1.807) is 30.3 Å². The van der Waals surface area contributed by atoms with Gasteiger partial charge in [0, 0.05) is 22.5 Å². The van der Waals surface area contributed by atoms with Crippen molar-refractivity contribution >= 4 is 23.2 Å². The lowest BCUT2D eigenvalue weighted by Gasteiger charge is -2.11. The molecule has 0 atom stereocenters. The van der Waals surface area contributed by atoms with Gasteiger partial charge in [-0.15, -0.1) is 0 Å². The van der Waals surface area contributed by atoms with Gasteiger partial charge in [-0.1, -0.05) is 47.6 Å². The molecule has 4 rings (SSSR count). The van der Waals surface area contributed by atoms with Crippen molar-refractivity contribution in [3.8, 4) is 11.4 Å². The number of benzene rings is 3. The van der Waals surface area contributed by atoms with Crippen molar-refractivity contribution in [1.82, 2.24) is 9.72 Å². The number of anilines is 2. The lowest BCUT2D eigenvalue weighted by atomic mass is 10.1. The van der Waals surface area contributed by atoms with Crippen molar-refractivity contribution in [2.75, 3.05) is 10.6 Å². The molecular formula is C24H17F3N4O4. The predicted molar refractivity (Wildman–Crippen MR) is 121 cm³/mol. The van der Waals surface area contributed by atoms with Gasteiger partial charge in [0.15, 0.2) is 5.82 Å². The number of carbonyl (C=O) groups is 2. The van der Waals surface area contributed by atoms with Crippen LogP contribution in [0.5, 0.6) is 0 Å². The Bertz CT molecular complexity index is 1430. The van der Waals surface area contributed by atoms with Crippen molar-refractivity contribution in [2.24, 2.45) is 0 Å². The fourth-order valence-electron chi connectivity index (χ4n) is 3.26. The molecule has 4 aromatic rings. The number of amides is 2. The highest BCUT2D eigenvalue weighted by molar-refractivity contribution is 6.05. The normalized spacial score (nSPS) is 11.2. The molecule has 3 aromatic carbocycles. The molecule has 2 amide bonds. The molecule has 0 aliphatic rings. The average molecular weight is 482 g/mol. The molecule has 35 heavy (non-hydrogen) atoms. The zero-order chi connectivity index (χ0) is 25.0. The SMILES string of the molecule is O=C(Cn1c(-c2ccccc2)noc1=O)Nc1cccc(C(=O)Nc2cccc(C(F)(F)F)c2)c1. The summed E-state index contributed by atoms with van der Waals surface area (Å²) in [5.41, 5.74) is 0.0129. The van der Waals surface area contributed by atoms with Crippen LogP contribution in [0.4, 0.5) is 24.5 Å².